The first-order valence-corrected chi connectivity index (χ1v) is 17.4. The average Bonchev–Trinajstić information content (AvgIpc) is 3.58. The van der Waals surface area contributed by atoms with Crippen LogP contribution >= 0.6 is 11.6 Å². The number of carbonyl (C=O) groups excluding carboxylic acids is 4. The van der Waals surface area contributed by atoms with Crippen LogP contribution in [0, 0.1) is 5.92 Å². The van der Waals surface area contributed by atoms with Crippen LogP contribution in [0.2, 0.25) is 5.02 Å². The topological polar surface area (TPSA) is 190 Å². The number of imidazole rings is 1. The third-order valence-electron chi connectivity index (χ3n) is 9.85. The number of hydrogen-bond donors (Lipinski definition) is 4. The fourth-order valence-corrected chi connectivity index (χ4v) is 7.08. The van der Waals surface area contributed by atoms with Crippen LogP contribution in [0.5, 0.6) is 0 Å². The van der Waals surface area contributed by atoms with Gasteiger partial charge in [-0.1, -0.05) is 11.6 Å². The Kier molecular flexibility index (Phi) is 9.40. The van der Waals surface area contributed by atoms with Gasteiger partial charge in [0.25, 0.3) is 0 Å². The van der Waals surface area contributed by atoms with Crippen molar-refractivity contribution in [3.63, 3.8) is 0 Å². The maximum Gasteiger partial charge on any atom is 0.328 e. The number of rotatable bonds is 9. The van der Waals surface area contributed by atoms with Crippen LogP contribution in [0.4, 0.5) is 23.1 Å². The first kappa shape index (κ1) is 34.7. The van der Waals surface area contributed by atoms with Crippen LogP contribution in [0.25, 0.3) is 21.9 Å². The van der Waals surface area contributed by atoms with Gasteiger partial charge in [0.1, 0.15) is 5.02 Å². The zero-order valence-corrected chi connectivity index (χ0v) is 29.7. The Balaban J connectivity index is 0.998. The van der Waals surface area contributed by atoms with Gasteiger partial charge in [-0.2, -0.15) is 10.1 Å². The van der Waals surface area contributed by atoms with Crippen molar-refractivity contribution >= 4 is 80.3 Å². The lowest BCUT2D eigenvalue weighted by atomic mass is 9.92. The number of aryl methyl sites for hydroxylation is 3. The SMILES string of the molecule is CNC(=O)CCn1c(=O)n(C)c2ccc(Nc3nc(N4CCC(C(=O)Nc5ccc6c(C7CCC(=O)NC7=O)nn(C)c6c5)CC4)ncc3Cl)cc21. The summed E-state index contributed by atoms with van der Waals surface area (Å²) in [7, 11) is 5.04. The Hall–Kier alpha value is -5.77. The van der Waals surface area contributed by atoms with Gasteiger partial charge in [-0.05, 0) is 55.7 Å². The van der Waals surface area contributed by atoms with Gasteiger partial charge in [0.15, 0.2) is 5.82 Å². The number of amides is 4. The number of hydrogen-bond acceptors (Lipinski definition) is 10. The summed E-state index contributed by atoms with van der Waals surface area (Å²) >= 11 is 6.51. The second-order valence-corrected chi connectivity index (χ2v) is 13.5. The van der Waals surface area contributed by atoms with Gasteiger partial charge in [0, 0.05) is 76.3 Å². The first-order valence-electron chi connectivity index (χ1n) is 17.1. The van der Waals surface area contributed by atoms with E-state index in [4.69, 9.17) is 16.6 Å². The van der Waals surface area contributed by atoms with Crippen molar-refractivity contribution < 1.29 is 19.2 Å². The summed E-state index contributed by atoms with van der Waals surface area (Å²) in [6.45, 7) is 1.35. The number of aromatic nitrogens is 6. The molecule has 2 aromatic carbocycles. The number of piperidine rings is 2. The number of imide groups is 1. The highest BCUT2D eigenvalue weighted by atomic mass is 35.5. The number of nitrogens with zero attached hydrogens (tertiary/aromatic N) is 7. The molecule has 17 heteroatoms. The third-order valence-corrected chi connectivity index (χ3v) is 10.1. The van der Waals surface area contributed by atoms with Gasteiger partial charge < -0.3 is 20.9 Å². The Morgan fingerprint density at radius 2 is 1.73 bits per heavy atom. The normalized spacial score (nSPS) is 16.7. The molecular formula is C35H38ClN11O5. The molecule has 0 aliphatic carbocycles. The molecule has 16 nitrogen and oxygen atoms in total. The number of nitrogens with one attached hydrogen (secondary N) is 4. The summed E-state index contributed by atoms with van der Waals surface area (Å²) in [5, 5.41) is 17.0. The lowest BCUT2D eigenvalue weighted by molar-refractivity contribution is -0.134. The standard InChI is InChI=1S/C35H38ClN11O5/c1-37-28(48)12-15-47-27-17-20(5-8-25(27)44(2)35(47)52)39-31-24(36)18-38-34(42-31)46-13-10-19(11-14-46)32(50)40-21-4-6-22-26(16-21)45(3)43-30(22)23-7-9-29(49)41-33(23)51/h4-6,8,16-19,23H,7,9-15H2,1-3H3,(H,37,48)(H,40,50)(H,38,39,42)(H,41,49,51). The van der Waals surface area contributed by atoms with E-state index in [-0.39, 0.29) is 54.6 Å². The van der Waals surface area contributed by atoms with Crippen LogP contribution in [0.15, 0.2) is 47.4 Å². The van der Waals surface area contributed by atoms with Crippen LogP contribution in [0.1, 0.15) is 43.7 Å². The van der Waals surface area contributed by atoms with E-state index in [1.807, 2.05) is 41.3 Å². The van der Waals surface area contributed by atoms with E-state index in [1.165, 1.54) is 6.20 Å². The van der Waals surface area contributed by atoms with Crippen LogP contribution in [0.3, 0.4) is 0 Å². The predicted octanol–water partition coefficient (Wildman–Crippen LogP) is 2.93. The Morgan fingerprint density at radius 1 is 0.981 bits per heavy atom. The van der Waals surface area contributed by atoms with E-state index in [1.54, 1.807) is 35.0 Å². The molecule has 1 atom stereocenters. The second kappa shape index (κ2) is 14.1. The molecule has 2 aliphatic heterocycles. The van der Waals surface area contributed by atoms with Gasteiger partial charge in [0.2, 0.25) is 29.6 Å². The smallest absolute Gasteiger partial charge is 0.328 e. The fourth-order valence-electron chi connectivity index (χ4n) is 6.94. The molecule has 2 saturated heterocycles. The van der Waals surface area contributed by atoms with E-state index < -0.39 is 5.92 Å². The van der Waals surface area contributed by atoms with Gasteiger partial charge in [-0.3, -0.25) is 38.3 Å². The van der Waals surface area contributed by atoms with Gasteiger partial charge in [0.05, 0.1) is 34.4 Å². The second-order valence-electron chi connectivity index (χ2n) is 13.1. The summed E-state index contributed by atoms with van der Waals surface area (Å²) in [5.41, 5.74) is 3.86. The molecule has 52 heavy (non-hydrogen) atoms. The van der Waals surface area contributed by atoms with Crippen molar-refractivity contribution in [2.24, 2.45) is 20.0 Å². The molecule has 7 rings (SSSR count). The molecule has 2 fully saturated rings. The van der Waals surface area contributed by atoms with Gasteiger partial charge in [-0.15, -0.1) is 0 Å². The van der Waals surface area contributed by atoms with Crippen molar-refractivity contribution in [3.8, 4) is 0 Å². The number of carbonyl (C=O) groups is 4. The fraction of sp³-hybridized carbons (Fsp3) is 0.371. The molecule has 2 aliphatic rings. The number of halogens is 1. The maximum absolute atomic E-state index is 13.4. The molecule has 4 amide bonds. The molecule has 4 N–H and O–H groups in total. The monoisotopic (exact) mass is 727 g/mol. The maximum atomic E-state index is 13.4. The lowest BCUT2D eigenvalue weighted by Gasteiger charge is -2.31. The summed E-state index contributed by atoms with van der Waals surface area (Å²) in [6, 6.07) is 11.0. The highest BCUT2D eigenvalue weighted by molar-refractivity contribution is 6.33. The number of anilines is 4. The molecule has 5 heterocycles. The first-order chi connectivity index (χ1) is 25.0. The molecule has 5 aromatic rings. The van der Waals surface area contributed by atoms with Crippen molar-refractivity contribution in [2.75, 3.05) is 35.7 Å². The van der Waals surface area contributed by atoms with Crippen molar-refractivity contribution in [1.29, 1.82) is 0 Å². The minimum atomic E-state index is -0.505. The molecule has 270 valence electrons. The Bertz CT molecular complexity index is 2300. The van der Waals surface area contributed by atoms with E-state index in [9.17, 15) is 24.0 Å². The van der Waals surface area contributed by atoms with Crippen LogP contribution in [-0.4, -0.2) is 72.6 Å². The minimum Gasteiger partial charge on any atom is -0.359 e. The number of benzene rings is 2. The summed E-state index contributed by atoms with van der Waals surface area (Å²) < 4.78 is 4.80. The minimum absolute atomic E-state index is 0.0870. The third kappa shape index (κ3) is 6.68. The lowest BCUT2D eigenvalue weighted by Crippen LogP contribution is -2.39. The van der Waals surface area contributed by atoms with E-state index >= 15 is 0 Å². The summed E-state index contributed by atoms with van der Waals surface area (Å²) in [5.74, 6) is -0.717. The predicted molar refractivity (Wildman–Crippen MR) is 196 cm³/mol. The highest BCUT2D eigenvalue weighted by Gasteiger charge is 2.32. The van der Waals surface area contributed by atoms with E-state index in [0.29, 0.717) is 71.7 Å². The van der Waals surface area contributed by atoms with Gasteiger partial charge in [-0.25, -0.2) is 9.78 Å². The summed E-state index contributed by atoms with van der Waals surface area (Å²) in [6.07, 6.45) is 3.56. The molecule has 0 bridgehead atoms. The zero-order valence-electron chi connectivity index (χ0n) is 28.9. The Labute approximate surface area is 302 Å². The molecule has 0 spiro atoms. The van der Waals surface area contributed by atoms with Crippen LogP contribution in [-0.2, 0) is 39.8 Å². The number of fused-ring (bicyclic) bond motifs is 2. The molecular weight excluding hydrogens is 690 g/mol. The molecule has 0 saturated carbocycles. The quantitative estimate of drug-likeness (QED) is 0.164. The van der Waals surface area contributed by atoms with E-state index in [2.05, 4.69) is 31.3 Å². The Morgan fingerprint density at radius 3 is 2.48 bits per heavy atom. The zero-order chi connectivity index (χ0) is 36.7. The highest BCUT2D eigenvalue weighted by Crippen LogP contribution is 2.33. The van der Waals surface area contributed by atoms with Crippen LogP contribution < -0.4 is 31.9 Å². The largest absolute Gasteiger partial charge is 0.359 e. The van der Waals surface area contributed by atoms with E-state index in [0.717, 1.165) is 16.4 Å². The van der Waals surface area contributed by atoms with Crippen molar-refractivity contribution in [2.45, 2.75) is 44.6 Å². The van der Waals surface area contributed by atoms with Gasteiger partial charge >= 0.3 is 5.69 Å². The average molecular weight is 728 g/mol. The van der Waals surface area contributed by atoms with Crippen molar-refractivity contribution in [1.82, 2.24) is 39.5 Å². The summed E-state index contributed by atoms with van der Waals surface area (Å²) in [4.78, 5) is 73.4. The molecule has 3 aromatic heterocycles. The van der Waals surface area contributed by atoms with Crippen molar-refractivity contribution in [3.05, 3.63) is 63.8 Å². The molecule has 0 radical (unpaired) electrons. The molecule has 1 unspecified atom stereocenters.